The summed E-state index contributed by atoms with van der Waals surface area (Å²) >= 11 is 4.78. The lowest BCUT2D eigenvalue weighted by Crippen LogP contribution is -2.03. The summed E-state index contributed by atoms with van der Waals surface area (Å²) in [5.41, 5.74) is 0. The second-order valence-corrected chi connectivity index (χ2v) is 3.64. The highest BCUT2D eigenvalue weighted by Crippen LogP contribution is 2.23. The third-order valence-corrected chi connectivity index (χ3v) is 2.47. The summed E-state index contributed by atoms with van der Waals surface area (Å²) < 4.78 is 1.00. The maximum absolute atomic E-state index is 10.5. The first-order valence-electron chi connectivity index (χ1n) is 2.70. The fourth-order valence-corrected chi connectivity index (χ4v) is 1.92. The molecule has 1 aromatic heterocycles. The SMILES string of the molecule is CC(=O)Nc1cc(Br)cs1. The van der Waals surface area contributed by atoms with Gasteiger partial charge in [-0.2, -0.15) is 0 Å². The van der Waals surface area contributed by atoms with Crippen LogP contribution in [0.1, 0.15) is 6.92 Å². The standard InChI is InChI=1S/C6H6BrNOS/c1-4(9)8-6-2-5(7)3-10-6/h2-3H,1H3,(H,8,9). The van der Waals surface area contributed by atoms with Crippen LogP contribution in [0.3, 0.4) is 0 Å². The molecule has 54 valence electrons. The monoisotopic (exact) mass is 219 g/mol. The lowest BCUT2D eigenvalue weighted by atomic mass is 10.6. The first-order chi connectivity index (χ1) is 4.68. The molecule has 0 aliphatic carbocycles. The van der Waals surface area contributed by atoms with Crippen molar-refractivity contribution < 1.29 is 4.79 Å². The van der Waals surface area contributed by atoms with Crippen LogP contribution in [0.2, 0.25) is 0 Å². The van der Waals surface area contributed by atoms with Crippen LogP contribution in [-0.2, 0) is 4.79 Å². The van der Waals surface area contributed by atoms with E-state index in [1.165, 1.54) is 18.3 Å². The molecule has 1 heterocycles. The van der Waals surface area contributed by atoms with Crippen molar-refractivity contribution >= 4 is 38.2 Å². The van der Waals surface area contributed by atoms with E-state index in [2.05, 4.69) is 21.2 Å². The van der Waals surface area contributed by atoms with Gasteiger partial charge >= 0.3 is 0 Å². The first-order valence-corrected chi connectivity index (χ1v) is 4.37. The average Bonchev–Trinajstić information content (AvgIpc) is 2.13. The van der Waals surface area contributed by atoms with Crippen molar-refractivity contribution in [2.75, 3.05) is 5.32 Å². The van der Waals surface area contributed by atoms with Gasteiger partial charge in [-0.25, -0.2) is 0 Å². The van der Waals surface area contributed by atoms with Crippen LogP contribution in [0.25, 0.3) is 0 Å². The Balaban J connectivity index is 2.67. The van der Waals surface area contributed by atoms with Gasteiger partial charge in [-0.15, -0.1) is 11.3 Å². The van der Waals surface area contributed by atoms with E-state index < -0.39 is 0 Å². The second-order valence-electron chi connectivity index (χ2n) is 1.81. The number of amides is 1. The third kappa shape index (κ3) is 2.11. The first kappa shape index (κ1) is 7.75. The molecule has 0 aliphatic rings. The number of carbonyl (C=O) groups excluding carboxylic acids is 1. The van der Waals surface area contributed by atoms with Gasteiger partial charge in [0.05, 0.1) is 5.00 Å². The van der Waals surface area contributed by atoms with Crippen LogP contribution in [-0.4, -0.2) is 5.91 Å². The Morgan fingerprint density at radius 2 is 2.50 bits per heavy atom. The van der Waals surface area contributed by atoms with E-state index in [9.17, 15) is 4.79 Å². The van der Waals surface area contributed by atoms with Crippen molar-refractivity contribution in [1.29, 1.82) is 0 Å². The number of carbonyl (C=O) groups is 1. The minimum absolute atomic E-state index is 0.0330. The Hall–Kier alpha value is -0.350. The normalized spacial score (nSPS) is 9.40. The highest BCUT2D eigenvalue weighted by atomic mass is 79.9. The number of hydrogen-bond donors (Lipinski definition) is 1. The van der Waals surface area contributed by atoms with Crippen molar-refractivity contribution in [1.82, 2.24) is 0 Å². The van der Waals surface area contributed by atoms with Crippen molar-refractivity contribution in [2.24, 2.45) is 0 Å². The topological polar surface area (TPSA) is 29.1 Å². The Morgan fingerprint density at radius 3 is 2.90 bits per heavy atom. The molecule has 1 N–H and O–H groups in total. The molecule has 2 nitrogen and oxygen atoms in total. The van der Waals surface area contributed by atoms with E-state index >= 15 is 0 Å². The van der Waals surface area contributed by atoms with Gasteiger partial charge in [-0.3, -0.25) is 4.79 Å². The zero-order valence-electron chi connectivity index (χ0n) is 5.35. The van der Waals surface area contributed by atoms with E-state index in [0.29, 0.717) is 0 Å². The Bertz CT molecular complexity index is 246. The molecule has 1 rings (SSSR count). The van der Waals surface area contributed by atoms with Gasteiger partial charge in [0.1, 0.15) is 0 Å². The molecule has 0 bridgehead atoms. The van der Waals surface area contributed by atoms with Gasteiger partial charge in [0.15, 0.2) is 0 Å². The van der Waals surface area contributed by atoms with E-state index in [0.717, 1.165) is 9.47 Å². The molecule has 1 aromatic rings. The number of rotatable bonds is 1. The molecule has 0 atom stereocenters. The van der Waals surface area contributed by atoms with E-state index in [1.54, 1.807) is 0 Å². The molecule has 0 fully saturated rings. The largest absolute Gasteiger partial charge is 0.318 e. The van der Waals surface area contributed by atoms with Crippen LogP contribution < -0.4 is 5.32 Å². The number of hydrogen-bond acceptors (Lipinski definition) is 2. The molecule has 0 spiro atoms. The summed E-state index contributed by atoms with van der Waals surface area (Å²) in [5, 5.41) is 5.47. The van der Waals surface area contributed by atoms with Crippen LogP contribution >= 0.6 is 27.3 Å². The van der Waals surface area contributed by atoms with Crippen molar-refractivity contribution in [3.05, 3.63) is 15.9 Å². The smallest absolute Gasteiger partial charge is 0.221 e. The van der Waals surface area contributed by atoms with Gasteiger partial charge in [-0.1, -0.05) is 0 Å². The zero-order chi connectivity index (χ0) is 7.56. The van der Waals surface area contributed by atoms with Crippen LogP contribution in [0.15, 0.2) is 15.9 Å². The summed E-state index contributed by atoms with van der Waals surface area (Å²) in [6.07, 6.45) is 0. The quantitative estimate of drug-likeness (QED) is 0.773. The molecule has 0 unspecified atom stereocenters. The predicted molar refractivity (Wildman–Crippen MR) is 46.3 cm³/mol. The lowest BCUT2D eigenvalue weighted by molar-refractivity contribution is -0.114. The second kappa shape index (κ2) is 3.16. The van der Waals surface area contributed by atoms with Gasteiger partial charge in [0, 0.05) is 16.8 Å². The maximum atomic E-state index is 10.5. The van der Waals surface area contributed by atoms with Crippen LogP contribution in [0.5, 0.6) is 0 Å². The number of anilines is 1. The minimum Gasteiger partial charge on any atom is -0.318 e. The average molecular weight is 220 g/mol. The molecular formula is C6H6BrNOS. The third-order valence-electron chi connectivity index (χ3n) is 0.867. The highest BCUT2D eigenvalue weighted by molar-refractivity contribution is 9.10. The summed E-state index contributed by atoms with van der Waals surface area (Å²) in [6, 6.07) is 1.87. The molecule has 0 aromatic carbocycles. The van der Waals surface area contributed by atoms with E-state index in [4.69, 9.17) is 0 Å². The van der Waals surface area contributed by atoms with Crippen molar-refractivity contribution in [3.8, 4) is 0 Å². The molecular weight excluding hydrogens is 214 g/mol. The Morgan fingerprint density at radius 1 is 1.80 bits per heavy atom. The molecule has 0 aliphatic heterocycles. The van der Waals surface area contributed by atoms with Gasteiger partial charge in [0.25, 0.3) is 0 Å². The number of thiophene rings is 1. The molecule has 0 saturated heterocycles. The van der Waals surface area contributed by atoms with E-state index in [-0.39, 0.29) is 5.91 Å². The maximum Gasteiger partial charge on any atom is 0.221 e. The Labute approximate surface area is 71.4 Å². The van der Waals surface area contributed by atoms with E-state index in [1.807, 2.05) is 11.4 Å². The lowest BCUT2D eigenvalue weighted by Gasteiger charge is -1.92. The highest BCUT2D eigenvalue weighted by Gasteiger charge is 1.97. The zero-order valence-corrected chi connectivity index (χ0v) is 7.75. The van der Waals surface area contributed by atoms with Crippen LogP contribution in [0.4, 0.5) is 5.00 Å². The summed E-state index contributed by atoms with van der Waals surface area (Å²) in [5.74, 6) is -0.0330. The number of halogens is 1. The van der Waals surface area contributed by atoms with Gasteiger partial charge in [-0.05, 0) is 22.0 Å². The molecule has 1 amide bonds. The van der Waals surface area contributed by atoms with Gasteiger partial charge < -0.3 is 5.32 Å². The van der Waals surface area contributed by atoms with Crippen molar-refractivity contribution in [3.63, 3.8) is 0 Å². The fourth-order valence-electron chi connectivity index (χ4n) is 0.552. The van der Waals surface area contributed by atoms with Crippen molar-refractivity contribution in [2.45, 2.75) is 6.92 Å². The fraction of sp³-hybridized carbons (Fsp3) is 0.167. The summed E-state index contributed by atoms with van der Waals surface area (Å²) in [7, 11) is 0. The minimum atomic E-state index is -0.0330. The molecule has 4 heteroatoms. The summed E-state index contributed by atoms with van der Waals surface area (Å²) in [6.45, 7) is 1.49. The molecule has 0 saturated carbocycles. The predicted octanol–water partition coefficient (Wildman–Crippen LogP) is 2.47. The Kier molecular flexibility index (Phi) is 2.45. The van der Waals surface area contributed by atoms with Gasteiger partial charge in [0.2, 0.25) is 5.91 Å². The molecule has 0 radical (unpaired) electrons. The van der Waals surface area contributed by atoms with Crippen LogP contribution in [0, 0.1) is 0 Å². The summed E-state index contributed by atoms with van der Waals surface area (Å²) in [4.78, 5) is 10.5. The number of nitrogens with one attached hydrogen (secondary N) is 1. The molecule has 10 heavy (non-hydrogen) atoms.